The summed E-state index contributed by atoms with van der Waals surface area (Å²) in [4.78, 5) is 18.2. The summed E-state index contributed by atoms with van der Waals surface area (Å²) >= 11 is 1.71. The molecule has 0 saturated heterocycles. The molecule has 0 radical (unpaired) electrons. The van der Waals surface area contributed by atoms with Crippen LogP contribution in [0.15, 0.2) is 5.38 Å². The molecular formula is C16H26N2O2S. The van der Waals surface area contributed by atoms with Crippen LogP contribution < -0.4 is 0 Å². The molecule has 0 aliphatic heterocycles. The van der Waals surface area contributed by atoms with Crippen LogP contribution >= 0.6 is 11.3 Å². The molecule has 1 aromatic rings. The van der Waals surface area contributed by atoms with Crippen molar-refractivity contribution < 1.29 is 9.90 Å². The first-order valence-corrected chi connectivity index (χ1v) is 8.68. The van der Waals surface area contributed by atoms with Crippen LogP contribution in [0.5, 0.6) is 0 Å². The predicted octanol–water partition coefficient (Wildman–Crippen LogP) is 3.88. The van der Waals surface area contributed by atoms with Gasteiger partial charge >= 0.3 is 5.97 Å². The van der Waals surface area contributed by atoms with Gasteiger partial charge in [-0.3, -0.25) is 9.69 Å². The molecule has 21 heavy (non-hydrogen) atoms. The van der Waals surface area contributed by atoms with E-state index in [9.17, 15) is 9.90 Å². The van der Waals surface area contributed by atoms with Crippen LogP contribution in [0.3, 0.4) is 0 Å². The van der Waals surface area contributed by atoms with E-state index in [1.54, 1.807) is 11.3 Å². The highest BCUT2D eigenvalue weighted by molar-refractivity contribution is 7.09. The number of carbonyl (C=O) groups is 1. The highest BCUT2D eigenvalue weighted by Gasteiger charge is 2.38. The van der Waals surface area contributed by atoms with Gasteiger partial charge < -0.3 is 5.11 Å². The Morgan fingerprint density at radius 1 is 1.43 bits per heavy atom. The van der Waals surface area contributed by atoms with E-state index in [2.05, 4.69) is 36.2 Å². The molecule has 1 aliphatic rings. The zero-order chi connectivity index (χ0) is 15.5. The number of hydrogen-bond donors (Lipinski definition) is 1. The van der Waals surface area contributed by atoms with Crippen molar-refractivity contribution in [2.24, 2.45) is 0 Å². The highest BCUT2D eigenvalue weighted by Crippen LogP contribution is 2.36. The van der Waals surface area contributed by atoms with Crippen molar-refractivity contribution in [2.45, 2.75) is 70.4 Å². The van der Waals surface area contributed by atoms with Crippen molar-refractivity contribution in [1.82, 2.24) is 9.88 Å². The number of carboxylic acid groups (broad SMARTS) is 1. The Hall–Kier alpha value is -0.940. The number of hydrogen-bond acceptors (Lipinski definition) is 4. The van der Waals surface area contributed by atoms with Crippen molar-refractivity contribution in [2.75, 3.05) is 7.05 Å². The molecule has 5 heteroatoms. The number of rotatable bonds is 6. The zero-order valence-corrected chi connectivity index (χ0v) is 14.1. The molecule has 1 N–H and O–H groups in total. The predicted molar refractivity (Wildman–Crippen MR) is 85.7 cm³/mol. The van der Waals surface area contributed by atoms with Gasteiger partial charge in [0.2, 0.25) is 0 Å². The molecule has 1 fully saturated rings. The van der Waals surface area contributed by atoms with E-state index in [1.165, 1.54) is 6.42 Å². The Bertz CT molecular complexity index is 478. The summed E-state index contributed by atoms with van der Waals surface area (Å²) in [7, 11) is 2.06. The molecular weight excluding hydrogens is 284 g/mol. The minimum absolute atomic E-state index is 0.189. The summed E-state index contributed by atoms with van der Waals surface area (Å²) < 4.78 is 0. The van der Waals surface area contributed by atoms with Gasteiger partial charge in [-0.15, -0.1) is 11.3 Å². The molecule has 0 spiro atoms. The van der Waals surface area contributed by atoms with Crippen LogP contribution in [0.1, 0.15) is 69.0 Å². The zero-order valence-electron chi connectivity index (χ0n) is 13.3. The van der Waals surface area contributed by atoms with E-state index in [1.807, 2.05) is 0 Å². The summed E-state index contributed by atoms with van der Waals surface area (Å²) in [6.07, 6.45) is 5.69. The van der Waals surface area contributed by atoms with Gasteiger partial charge in [0.25, 0.3) is 0 Å². The van der Waals surface area contributed by atoms with Gasteiger partial charge in [-0.1, -0.05) is 33.1 Å². The Kier molecular flexibility index (Phi) is 5.38. The van der Waals surface area contributed by atoms with Gasteiger partial charge in [0.15, 0.2) is 0 Å². The first kappa shape index (κ1) is 16.4. The largest absolute Gasteiger partial charge is 0.481 e. The number of aromatic nitrogens is 1. The third-order valence-corrected chi connectivity index (χ3v) is 5.73. The van der Waals surface area contributed by atoms with Crippen LogP contribution in [-0.2, 0) is 11.3 Å². The van der Waals surface area contributed by atoms with Crippen LogP contribution in [0.4, 0.5) is 0 Å². The molecule has 1 aromatic heterocycles. The second-order valence-corrected chi connectivity index (χ2v) is 7.43. The summed E-state index contributed by atoms with van der Waals surface area (Å²) in [5.74, 6) is -0.235. The summed E-state index contributed by atoms with van der Waals surface area (Å²) in [6.45, 7) is 5.05. The van der Waals surface area contributed by atoms with Crippen LogP contribution in [0.2, 0.25) is 0 Å². The van der Waals surface area contributed by atoms with E-state index >= 15 is 0 Å². The molecule has 1 saturated carbocycles. The van der Waals surface area contributed by atoms with Gasteiger partial charge in [-0.05, 0) is 19.9 Å². The van der Waals surface area contributed by atoms with Crippen LogP contribution in [0, 0.1) is 0 Å². The summed E-state index contributed by atoms with van der Waals surface area (Å²) in [5.41, 5.74) is 0.882. The maximum atomic E-state index is 11.3. The Labute approximate surface area is 131 Å². The fourth-order valence-electron chi connectivity index (χ4n) is 3.26. The van der Waals surface area contributed by atoms with Gasteiger partial charge in [0.1, 0.15) is 0 Å². The summed E-state index contributed by atoms with van der Waals surface area (Å²) in [5, 5.41) is 12.6. The maximum Gasteiger partial charge on any atom is 0.305 e. The van der Waals surface area contributed by atoms with Crippen molar-refractivity contribution in [3.8, 4) is 0 Å². The fourth-order valence-corrected chi connectivity index (χ4v) is 4.08. The lowest BCUT2D eigenvalue weighted by Gasteiger charge is -2.43. The quantitative estimate of drug-likeness (QED) is 0.866. The SMILES string of the molecule is CC(C)c1nc(CN(C)C2(CC(=O)O)CCCCC2)cs1. The van der Waals surface area contributed by atoms with Gasteiger partial charge in [-0.25, -0.2) is 4.98 Å². The Balaban J connectivity index is 2.10. The smallest absolute Gasteiger partial charge is 0.305 e. The lowest BCUT2D eigenvalue weighted by Crippen LogP contribution is -2.49. The van der Waals surface area contributed by atoms with Crippen molar-refractivity contribution in [3.63, 3.8) is 0 Å². The highest BCUT2D eigenvalue weighted by atomic mass is 32.1. The third-order valence-electron chi connectivity index (χ3n) is 4.54. The van der Waals surface area contributed by atoms with Crippen molar-refractivity contribution in [1.29, 1.82) is 0 Å². The first-order chi connectivity index (χ1) is 9.93. The van der Waals surface area contributed by atoms with Gasteiger partial charge in [0.05, 0.1) is 17.1 Å². The molecule has 1 aliphatic carbocycles. The van der Waals surface area contributed by atoms with Crippen molar-refractivity contribution in [3.05, 3.63) is 16.1 Å². The molecule has 4 nitrogen and oxygen atoms in total. The average molecular weight is 310 g/mol. The van der Waals surface area contributed by atoms with E-state index in [4.69, 9.17) is 0 Å². The lowest BCUT2D eigenvalue weighted by atomic mass is 9.78. The summed E-state index contributed by atoms with van der Waals surface area (Å²) in [6, 6.07) is 0. The standard InChI is InChI=1S/C16H26N2O2S/c1-12(2)15-17-13(11-21-15)10-18(3)16(9-14(19)20)7-5-4-6-8-16/h11-12H,4-10H2,1-3H3,(H,19,20). The molecule has 0 bridgehead atoms. The fraction of sp³-hybridized carbons (Fsp3) is 0.750. The Morgan fingerprint density at radius 2 is 2.10 bits per heavy atom. The van der Waals surface area contributed by atoms with Crippen LogP contribution in [-0.4, -0.2) is 33.5 Å². The topological polar surface area (TPSA) is 53.4 Å². The molecule has 118 valence electrons. The van der Waals surface area contributed by atoms with E-state index < -0.39 is 5.97 Å². The lowest BCUT2D eigenvalue weighted by molar-refractivity contribution is -0.141. The molecule has 1 heterocycles. The molecule has 2 rings (SSSR count). The van der Waals surface area contributed by atoms with E-state index in [-0.39, 0.29) is 12.0 Å². The molecule has 0 unspecified atom stereocenters. The van der Waals surface area contributed by atoms with E-state index in [0.29, 0.717) is 5.92 Å². The third kappa shape index (κ3) is 4.04. The van der Waals surface area contributed by atoms with E-state index in [0.717, 1.165) is 42.9 Å². The second-order valence-electron chi connectivity index (χ2n) is 6.54. The van der Waals surface area contributed by atoms with Crippen molar-refractivity contribution >= 4 is 17.3 Å². The van der Waals surface area contributed by atoms with Gasteiger partial charge in [-0.2, -0.15) is 0 Å². The minimum Gasteiger partial charge on any atom is -0.481 e. The molecule has 0 amide bonds. The second kappa shape index (κ2) is 6.88. The average Bonchev–Trinajstić information content (AvgIpc) is 2.87. The maximum absolute atomic E-state index is 11.3. The number of aliphatic carboxylic acids is 1. The monoisotopic (exact) mass is 310 g/mol. The molecule has 0 atom stereocenters. The normalized spacial score (nSPS) is 18.3. The first-order valence-electron chi connectivity index (χ1n) is 7.80. The number of thiazole rings is 1. The van der Waals surface area contributed by atoms with Crippen LogP contribution in [0.25, 0.3) is 0 Å². The van der Waals surface area contributed by atoms with Gasteiger partial charge in [0, 0.05) is 23.4 Å². The number of carboxylic acids is 1. The Morgan fingerprint density at radius 3 is 2.62 bits per heavy atom. The molecule has 0 aromatic carbocycles. The minimum atomic E-state index is -0.690. The number of nitrogens with zero attached hydrogens (tertiary/aromatic N) is 2.